The third kappa shape index (κ3) is 3.18. The van der Waals surface area contributed by atoms with Gasteiger partial charge in [0, 0.05) is 11.6 Å². The largest absolute Gasteiger partial charge is 0.495 e. The maximum Gasteiger partial charge on any atom is 0.270 e. The highest BCUT2D eigenvalue weighted by molar-refractivity contribution is 7.92. The van der Waals surface area contributed by atoms with Gasteiger partial charge in [-0.2, -0.15) is 0 Å². The Kier molecular flexibility index (Phi) is 4.18. The minimum atomic E-state index is -3.86. The van der Waals surface area contributed by atoms with Crippen molar-refractivity contribution in [3.8, 4) is 5.75 Å². The Morgan fingerprint density at radius 1 is 1.20 bits per heavy atom. The van der Waals surface area contributed by atoms with E-state index in [1.807, 2.05) is 0 Å². The van der Waals surface area contributed by atoms with Crippen molar-refractivity contribution in [1.29, 1.82) is 0 Å². The van der Waals surface area contributed by atoms with Gasteiger partial charge in [0.25, 0.3) is 15.9 Å². The van der Waals surface area contributed by atoms with E-state index in [0.29, 0.717) is 33.1 Å². The lowest BCUT2D eigenvalue weighted by Crippen LogP contribution is -2.32. The van der Waals surface area contributed by atoms with Crippen LogP contribution < -0.4 is 20.0 Å². The van der Waals surface area contributed by atoms with E-state index >= 15 is 0 Å². The third-order valence-electron chi connectivity index (χ3n) is 3.81. The number of nitrogens with zero attached hydrogens (tertiary/aromatic N) is 1. The van der Waals surface area contributed by atoms with E-state index in [2.05, 4.69) is 16.3 Å². The van der Waals surface area contributed by atoms with E-state index in [0.717, 1.165) is 0 Å². The smallest absolute Gasteiger partial charge is 0.270 e. The summed E-state index contributed by atoms with van der Waals surface area (Å²) in [7, 11) is -2.40. The van der Waals surface area contributed by atoms with Crippen LogP contribution in [0.5, 0.6) is 5.75 Å². The minimum absolute atomic E-state index is 0.0412. The highest BCUT2D eigenvalue weighted by Crippen LogP contribution is 2.26. The number of carbonyl (C=O) groups excluding carboxylic acids is 1. The predicted molar refractivity (Wildman–Crippen MR) is 95.2 cm³/mol. The SMILES string of the molecule is C=c1cc(S(=O)(=O)Nc2ccccc2OC)cc2c1=NC(=O)C=C2C. The van der Waals surface area contributed by atoms with Crippen LogP contribution in [-0.2, 0) is 14.8 Å². The zero-order valence-corrected chi connectivity index (χ0v) is 14.6. The van der Waals surface area contributed by atoms with Crippen molar-refractivity contribution in [1.82, 2.24) is 0 Å². The van der Waals surface area contributed by atoms with Gasteiger partial charge in [-0.25, -0.2) is 13.4 Å². The number of carbonyl (C=O) groups is 1. The Hall–Kier alpha value is -2.93. The molecular weight excluding hydrogens is 340 g/mol. The van der Waals surface area contributed by atoms with Crippen molar-refractivity contribution in [3.63, 3.8) is 0 Å². The van der Waals surface area contributed by atoms with Crippen molar-refractivity contribution < 1.29 is 17.9 Å². The first kappa shape index (κ1) is 16.9. The molecule has 25 heavy (non-hydrogen) atoms. The van der Waals surface area contributed by atoms with Gasteiger partial charge in [0.05, 0.1) is 23.0 Å². The monoisotopic (exact) mass is 356 g/mol. The number of benzene rings is 2. The van der Waals surface area contributed by atoms with E-state index < -0.39 is 10.0 Å². The Labute approximate surface area is 145 Å². The molecule has 3 rings (SSSR count). The highest BCUT2D eigenvalue weighted by atomic mass is 32.2. The molecule has 0 saturated heterocycles. The molecule has 0 spiro atoms. The second-order valence-corrected chi connectivity index (χ2v) is 7.24. The molecule has 1 aliphatic heterocycles. The van der Waals surface area contributed by atoms with Gasteiger partial charge in [0.2, 0.25) is 0 Å². The maximum atomic E-state index is 12.8. The summed E-state index contributed by atoms with van der Waals surface area (Å²) < 4.78 is 33.2. The summed E-state index contributed by atoms with van der Waals surface area (Å²) >= 11 is 0. The number of anilines is 1. The first-order valence-corrected chi connectivity index (χ1v) is 8.90. The van der Waals surface area contributed by atoms with Crippen molar-refractivity contribution in [2.45, 2.75) is 11.8 Å². The van der Waals surface area contributed by atoms with Gasteiger partial charge in [-0.15, -0.1) is 0 Å². The topological polar surface area (TPSA) is 84.8 Å². The standard InChI is InChI=1S/C18H16N2O4S/c1-11-9-17(21)19-18-12(2)8-13(10-14(11)18)25(22,23)20-15-6-4-5-7-16(15)24-3/h4-10,20H,2H2,1,3H3. The zero-order valence-electron chi connectivity index (χ0n) is 13.7. The summed E-state index contributed by atoms with van der Waals surface area (Å²) in [5.74, 6) is 0.0354. The van der Waals surface area contributed by atoms with Crippen LogP contribution in [0, 0.1) is 0 Å². The molecule has 0 radical (unpaired) electrons. The lowest BCUT2D eigenvalue weighted by molar-refractivity contribution is -0.113. The number of rotatable bonds is 4. The van der Waals surface area contributed by atoms with Gasteiger partial charge in [-0.3, -0.25) is 9.52 Å². The molecule has 0 unspecified atom stereocenters. The van der Waals surface area contributed by atoms with Gasteiger partial charge in [-0.05, 0) is 42.0 Å². The molecule has 1 heterocycles. The molecule has 1 aliphatic rings. The van der Waals surface area contributed by atoms with Gasteiger partial charge < -0.3 is 4.74 Å². The molecule has 0 saturated carbocycles. The molecule has 7 heteroatoms. The molecular formula is C18H16N2O4S. The zero-order chi connectivity index (χ0) is 18.2. The molecule has 2 aromatic rings. The Bertz CT molecular complexity index is 1120. The fraction of sp³-hybridized carbons (Fsp3) is 0.111. The molecule has 0 fully saturated rings. The van der Waals surface area contributed by atoms with Crippen molar-refractivity contribution in [2.24, 2.45) is 4.99 Å². The van der Waals surface area contributed by atoms with E-state index in [-0.39, 0.29) is 10.8 Å². The molecule has 0 atom stereocenters. The van der Waals surface area contributed by atoms with Crippen LogP contribution in [-0.4, -0.2) is 21.4 Å². The average molecular weight is 356 g/mol. The Morgan fingerprint density at radius 3 is 2.64 bits per heavy atom. The molecule has 2 aromatic carbocycles. The van der Waals surface area contributed by atoms with E-state index in [1.54, 1.807) is 31.2 Å². The predicted octanol–water partition coefficient (Wildman–Crippen LogP) is 1.47. The quantitative estimate of drug-likeness (QED) is 0.899. The molecule has 6 nitrogen and oxygen atoms in total. The number of para-hydroxylation sites is 2. The van der Waals surface area contributed by atoms with E-state index in [9.17, 15) is 13.2 Å². The average Bonchev–Trinajstić information content (AvgIpc) is 2.55. The van der Waals surface area contributed by atoms with Crippen LogP contribution in [0.1, 0.15) is 12.5 Å². The summed E-state index contributed by atoms with van der Waals surface area (Å²) in [5.41, 5.74) is 1.56. The van der Waals surface area contributed by atoms with E-state index in [1.165, 1.54) is 25.3 Å². The molecule has 0 aliphatic carbocycles. The lowest BCUT2D eigenvalue weighted by atomic mass is 10.0. The number of nitrogens with one attached hydrogen (secondary N) is 1. The lowest BCUT2D eigenvalue weighted by Gasteiger charge is -2.14. The summed E-state index contributed by atoms with van der Waals surface area (Å²) in [6.07, 6.45) is 1.37. The first-order chi connectivity index (χ1) is 11.8. The number of hydrogen-bond acceptors (Lipinski definition) is 4. The fourth-order valence-electron chi connectivity index (χ4n) is 2.59. The van der Waals surface area contributed by atoms with Crippen LogP contribution in [0.3, 0.4) is 0 Å². The summed E-state index contributed by atoms with van der Waals surface area (Å²) in [4.78, 5) is 15.5. The number of sulfonamides is 1. The van der Waals surface area contributed by atoms with Crippen LogP contribution in [0.25, 0.3) is 12.2 Å². The highest BCUT2D eigenvalue weighted by Gasteiger charge is 2.20. The summed E-state index contributed by atoms with van der Waals surface area (Å²) in [6.45, 7) is 5.56. The van der Waals surface area contributed by atoms with Crippen LogP contribution in [0.4, 0.5) is 5.69 Å². The van der Waals surface area contributed by atoms with Gasteiger partial charge in [-0.1, -0.05) is 18.7 Å². The van der Waals surface area contributed by atoms with Crippen molar-refractivity contribution in [2.75, 3.05) is 11.8 Å². The minimum Gasteiger partial charge on any atom is -0.495 e. The maximum absolute atomic E-state index is 12.8. The number of ether oxygens (including phenoxy) is 1. The van der Waals surface area contributed by atoms with Gasteiger partial charge in [0.1, 0.15) is 5.75 Å². The Morgan fingerprint density at radius 2 is 1.92 bits per heavy atom. The molecule has 0 aromatic heterocycles. The van der Waals surface area contributed by atoms with E-state index in [4.69, 9.17) is 4.74 Å². The summed E-state index contributed by atoms with van der Waals surface area (Å²) in [6, 6.07) is 9.61. The second kappa shape index (κ2) is 6.18. The van der Waals surface area contributed by atoms with Gasteiger partial charge in [0.15, 0.2) is 0 Å². The Balaban J connectivity index is 2.11. The van der Waals surface area contributed by atoms with Crippen molar-refractivity contribution >= 4 is 33.8 Å². The van der Waals surface area contributed by atoms with Crippen LogP contribution >= 0.6 is 0 Å². The first-order valence-electron chi connectivity index (χ1n) is 7.42. The second-order valence-electron chi connectivity index (χ2n) is 5.56. The fourth-order valence-corrected chi connectivity index (χ4v) is 3.74. The molecule has 1 amide bonds. The number of amides is 1. The normalized spacial score (nSPS) is 13.5. The van der Waals surface area contributed by atoms with Crippen molar-refractivity contribution in [3.05, 3.63) is 58.6 Å². The third-order valence-corrected chi connectivity index (χ3v) is 5.16. The van der Waals surface area contributed by atoms with Gasteiger partial charge >= 0.3 is 0 Å². The number of hydrogen-bond donors (Lipinski definition) is 1. The number of allylic oxidation sites excluding steroid dienone is 1. The molecule has 0 bridgehead atoms. The molecule has 1 N–H and O–H groups in total. The summed E-state index contributed by atoms with van der Waals surface area (Å²) in [5, 5.41) is 0.778. The number of fused-ring (bicyclic) bond motifs is 1. The van der Waals surface area contributed by atoms with Crippen LogP contribution in [0.15, 0.2) is 52.4 Å². The number of methoxy groups -OCH3 is 1. The van der Waals surface area contributed by atoms with Crippen LogP contribution in [0.2, 0.25) is 0 Å². The molecule has 128 valence electrons.